The topological polar surface area (TPSA) is 23.6 Å². The van der Waals surface area contributed by atoms with Crippen molar-refractivity contribution in [3.05, 3.63) is 71.6 Å². The van der Waals surface area contributed by atoms with Crippen molar-refractivity contribution in [2.24, 2.45) is 0 Å². The summed E-state index contributed by atoms with van der Waals surface area (Å²) in [4.78, 5) is 16.1. The number of hydrogen-bond acceptors (Lipinski definition) is 2. The summed E-state index contributed by atoms with van der Waals surface area (Å²) < 4.78 is 13.8. The third-order valence-electron chi connectivity index (χ3n) is 4.24. The van der Waals surface area contributed by atoms with Crippen LogP contribution in [0.2, 0.25) is 0 Å². The minimum absolute atomic E-state index is 0.00434. The molecular formula is C20H21FN2O. The largest absolute Gasteiger partial charge is 0.366 e. The molecule has 3 nitrogen and oxygen atoms in total. The molecule has 1 heterocycles. The van der Waals surface area contributed by atoms with E-state index in [1.165, 1.54) is 11.6 Å². The first-order valence-corrected chi connectivity index (χ1v) is 8.16. The zero-order valence-electron chi connectivity index (χ0n) is 13.8. The van der Waals surface area contributed by atoms with Crippen LogP contribution in [0.15, 0.2) is 54.6 Å². The van der Waals surface area contributed by atoms with Crippen molar-refractivity contribution < 1.29 is 9.18 Å². The van der Waals surface area contributed by atoms with Crippen LogP contribution in [-0.2, 0) is 4.79 Å². The Morgan fingerprint density at radius 1 is 1.04 bits per heavy atom. The van der Waals surface area contributed by atoms with Gasteiger partial charge in [0, 0.05) is 32.3 Å². The number of carbonyl (C=O) groups is 1. The highest BCUT2D eigenvalue weighted by molar-refractivity contribution is 5.92. The molecule has 0 saturated carbocycles. The van der Waals surface area contributed by atoms with E-state index >= 15 is 0 Å². The lowest BCUT2D eigenvalue weighted by molar-refractivity contribution is -0.126. The van der Waals surface area contributed by atoms with Crippen LogP contribution in [0.25, 0.3) is 6.08 Å². The number of anilines is 1. The fourth-order valence-corrected chi connectivity index (χ4v) is 2.92. The van der Waals surface area contributed by atoms with E-state index in [4.69, 9.17) is 0 Å². The molecule has 124 valence electrons. The third-order valence-corrected chi connectivity index (χ3v) is 4.24. The minimum atomic E-state index is -0.211. The number of para-hydroxylation sites is 1. The van der Waals surface area contributed by atoms with E-state index in [1.807, 2.05) is 53.1 Å². The Kier molecular flexibility index (Phi) is 4.94. The van der Waals surface area contributed by atoms with Gasteiger partial charge in [0.2, 0.25) is 5.91 Å². The third kappa shape index (κ3) is 3.82. The Hall–Kier alpha value is -2.62. The molecule has 0 bridgehead atoms. The van der Waals surface area contributed by atoms with Crippen molar-refractivity contribution in [2.45, 2.75) is 6.92 Å². The van der Waals surface area contributed by atoms with Crippen LogP contribution in [0.1, 0.15) is 11.1 Å². The quantitative estimate of drug-likeness (QED) is 0.807. The minimum Gasteiger partial charge on any atom is -0.366 e. The monoisotopic (exact) mass is 324 g/mol. The van der Waals surface area contributed by atoms with Crippen molar-refractivity contribution in [2.75, 3.05) is 31.1 Å². The summed E-state index contributed by atoms with van der Waals surface area (Å²) in [5, 5.41) is 0. The molecule has 3 rings (SSSR count). The van der Waals surface area contributed by atoms with Crippen molar-refractivity contribution in [1.29, 1.82) is 0 Å². The number of benzene rings is 2. The molecule has 0 atom stereocenters. The zero-order chi connectivity index (χ0) is 16.9. The Morgan fingerprint density at radius 2 is 1.79 bits per heavy atom. The standard InChI is InChI=1S/C20H21FN2O/c1-16-5-4-6-17(15-16)9-10-20(24)23-13-11-22(12-14-23)19-8-3-2-7-18(19)21/h2-10,15H,11-14H2,1H3/b10-9+. The maximum atomic E-state index is 13.8. The van der Waals surface area contributed by atoms with Gasteiger partial charge >= 0.3 is 0 Å². The molecule has 0 radical (unpaired) electrons. The summed E-state index contributed by atoms with van der Waals surface area (Å²) >= 11 is 0. The molecule has 2 aromatic carbocycles. The molecule has 0 spiro atoms. The van der Waals surface area contributed by atoms with Gasteiger partial charge in [0.05, 0.1) is 5.69 Å². The summed E-state index contributed by atoms with van der Waals surface area (Å²) in [6.45, 7) is 4.52. The molecule has 0 aliphatic carbocycles. The summed E-state index contributed by atoms with van der Waals surface area (Å²) in [6.07, 6.45) is 3.46. The van der Waals surface area contributed by atoms with Gasteiger partial charge in [-0.3, -0.25) is 4.79 Å². The lowest BCUT2D eigenvalue weighted by Gasteiger charge is -2.35. The van der Waals surface area contributed by atoms with Gasteiger partial charge in [-0.1, -0.05) is 42.0 Å². The van der Waals surface area contributed by atoms with Crippen LogP contribution in [-0.4, -0.2) is 37.0 Å². The van der Waals surface area contributed by atoms with Crippen LogP contribution in [0, 0.1) is 12.7 Å². The summed E-state index contributed by atoms with van der Waals surface area (Å²) in [6, 6.07) is 14.8. The lowest BCUT2D eigenvalue weighted by atomic mass is 10.1. The van der Waals surface area contributed by atoms with Crippen LogP contribution < -0.4 is 4.90 Å². The molecular weight excluding hydrogens is 303 g/mol. The average molecular weight is 324 g/mol. The normalized spacial score (nSPS) is 15.1. The molecule has 1 saturated heterocycles. The summed E-state index contributed by atoms with van der Waals surface area (Å²) in [5.74, 6) is -0.207. The van der Waals surface area contributed by atoms with E-state index in [0.29, 0.717) is 31.9 Å². The predicted molar refractivity (Wildman–Crippen MR) is 95.4 cm³/mol. The van der Waals surface area contributed by atoms with E-state index in [-0.39, 0.29) is 11.7 Å². The van der Waals surface area contributed by atoms with Gasteiger partial charge in [-0.2, -0.15) is 0 Å². The Balaban J connectivity index is 1.58. The molecule has 0 aromatic heterocycles. The molecule has 1 fully saturated rings. The Bertz CT molecular complexity index is 749. The van der Waals surface area contributed by atoms with Crippen LogP contribution in [0.5, 0.6) is 0 Å². The average Bonchev–Trinajstić information content (AvgIpc) is 2.60. The number of amides is 1. The van der Waals surface area contributed by atoms with E-state index in [1.54, 1.807) is 18.2 Å². The second kappa shape index (κ2) is 7.30. The number of carbonyl (C=O) groups excluding carboxylic acids is 1. The van der Waals surface area contributed by atoms with Gasteiger partial charge in [-0.15, -0.1) is 0 Å². The summed E-state index contributed by atoms with van der Waals surface area (Å²) in [7, 11) is 0. The van der Waals surface area contributed by atoms with Gasteiger partial charge in [0.25, 0.3) is 0 Å². The number of rotatable bonds is 3. The van der Waals surface area contributed by atoms with Gasteiger partial charge < -0.3 is 9.80 Å². The highest BCUT2D eigenvalue weighted by atomic mass is 19.1. The van der Waals surface area contributed by atoms with Crippen molar-refractivity contribution >= 4 is 17.7 Å². The van der Waals surface area contributed by atoms with Gasteiger partial charge in [-0.25, -0.2) is 4.39 Å². The van der Waals surface area contributed by atoms with Crippen LogP contribution >= 0.6 is 0 Å². The zero-order valence-corrected chi connectivity index (χ0v) is 13.8. The van der Waals surface area contributed by atoms with Crippen molar-refractivity contribution in [3.8, 4) is 0 Å². The number of nitrogens with zero attached hydrogens (tertiary/aromatic N) is 2. The van der Waals surface area contributed by atoms with E-state index in [9.17, 15) is 9.18 Å². The molecule has 0 N–H and O–H groups in total. The van der Waals surface area contributed by atoms with Crippen LogP contribution in [0.4, 0.5) is 10.1 Å². The number of halogens is 1. The van der Waals surface area contributed by atoms with E-state index in [2.05, 4.69) is 0 Å². The second-order valence-electron chi connectivity index (χ2n) is 6.01. The first-order chi connectivity index (χ1) is 11.6. The molecule has 4 heteroatoms. The number of aryl methyl sites for hydroxylation is 1. The van der Waals surface area contributed by atoms with Crippen LogP contribution in [0.3, 0.4) is 0 Å². The summed E-state index contributed by atoms with van der Waals surface area (Å²) in [5.41, 5.74) is 2.80. The molecule has 2 aromatic rings. The number of hydrogen-bond donors (Lipinski definition) is 0. The van der Waals surface area contributed by atoms with Crippen molar-refractivity contribution in [1.82, 2.24) is 4.90 Å². The maximum Gasteiger partial charge on any atom is 0.246 e. The lowest BCUT2D eigenvalue weighted by Crippen LogP contribution is -2.48. The SMILES string of the molecule is Cc1cccc(/C=C/C(=O)N2CCN(c3ccccc3F)CC2)c1. The highest BCUT2D eigenvalue weighted by Gasteiger charge is 2.21. The van der Waals surface area contributed by atoms with E-state index < -0.39 is 0 Å². The molecule has 1 aliphatic heterocycles. The smallest absolute Gasteiger partial charge is 0.246 e. The molecule has 24 heavy (non-hydrogen) atoms. The Labute approximate surface area is 142 Å². The first kappa shape index (κ1) is 16.2. The molecule has 1 aliphatic rings. The Morgan fingerprint density at radius 3 is 2.50 bits per heavy atom. The van der Waals surface area contributed by atoms with E-state index in [0.717, 1.165) is 5.56 Å². The number of piperazine rings is 1. The first-order valence-electron chi connectivity index (χ1n) is 8.16. The second-order valence-corrected chi connectivity index (χ2v) is 6.01. The highest BCUT2D eigenvalue weighted by Crippen LogP contribution is 2.20. The molecule has 1 amide bonds. The van der Waals surface area contributed by atoms with Crippen molar-refractivity contribution in [3.63, 3.8) is 0 Å². The fraction of sp³-hybridized carbons (Fsp3) is 0.250. The maximum absolute atomic E-state index is 13.8. The van der Waals surface area contributed by atoms with Gasteiger partial charge in [0.1, 0.15) is 5.82 Å². The fourth-order valence-electron chi connectivity index (χ4n) is 2.92. The van der Waals surface area contributed by atoms with Gasteiger partial charge in [-0.05, 0) is 30.7 Å². The van der Waals surface area contributed by atoms with Gasteiger partial charge in [0.15, 0.2) is 0 Å². The predicted octanol–water partition coefficient (Wildman–Crippen LogP) is 3.50. The molecule has 0 unspecified atom stereocenters.